The number of nitrogens with one attached hydrogen (secondary N) is 1. The number of carbonyl (C=O) groups is 1. The molecule has 1 aliphatic rings. The third kappa shape index (κ3) is 4.06. The van der Waals surface area contributed by atoms with E-state index in [4.69, 9.17) is 4.74 Å². The van der Waals surface area contributed by atoms with Crippen LogP contribution in [0.2, 0.25) is 0 Å². The number of amides is 1. The first-order valence-corrected chi connectivity index (χ1v) is 8.16. The van der Waals surface area contributed by atoms with Crippen LogP contribution in [0.25, 0.3) is 0 Å². The van der Waals surface area contributed by atoms with Crippen molar-refractivity contribution >= 4 is 5.91 Å². The van der Waals surface area contributed by atoms with E-state index in [-0.39, 0.29) is 18.1 Å². The summed E-state index contributed by atoms with van der Waals surface area (Å²) < 4.78 is 7.41. The number of rotatable bonds is 4. The van der Waals surface area contributed by atoms with Crippen molar-refractivity contribution in [1.82, 2.24) is 30.3 Å². The minimum atomic E-state index is -0.176. The summed E-state index contributed by atoms with van der Waals surface area (Å²) in [6, 6.07) is 2.50. The number of carbonyl (C=O) groups excluding carboxylic acids is 1. The molecule has 0 bridgehead atoms. The maximum Gasteiger partial charge on any atom is 0.317 e. The average Bonchev–Trinajstić information content (AvgIpc) is 2.95. The summed E-state index contributed by atoms with van der Waals surface area (Å²) in [6.07, 6.45) is 5.16. The lowest BCUT2D eigenvalue weighted by molar-refractivity contribution is 0.0880. The van der Waals surface area contributed by atoms with Gasteiger partial charge < -0.3 is 10.1 Å². The molecule has 2 aromatic heterocycles. The molecule has 0 unspecified atom stereocenters. The standard InChI is InChI=1S/C16H22N6O2/c1-10-8-11(2)18-16(17-10)24-13-6-4-12(5-7-13)19-15(23)14-9-22(3)21-20-14/h8-9,12-13H,4-7H2,1-3H3,(H,19,23). The van der Waals surface area contributed by atoms with Gasteiger partial charge in [0.1, 0.15) is 6.10 Å². The summed E-state index contributed by atoms with van der Waals surface area (Å²) in [5.74, 6) is -0.176. The van der Waals surface area contributed by atoms with E-state index in [1.807, 2.05) is 19.9 Å². The minimum absolute atomic E-state index is 0.0934. The molecule has 128 valence electrons. The normalized spacial score (nSPS) is 20.6. The van der Waals surface area contributed by atoms with Crippen LogP contribution in [0.15, 0.2) is 12.3 Å². The van der Waals surface area contributed by atoms with E-state index in [1.54, 1.807) is 13.2 Å². The molecule has 0 saturated heterocycles. The molecule has 8 heteroatoms. The van der Waals surface area contributed by atoms with Gasteiger partial charge in [-0.3, -0.25) is 9.48 Å². The first-order chi connectivity index (χ1) is 11.5. The average molecular weight is 330 g/mol. The Labute approximate surface area is 140 Å². The minimum Gasteiger partial charge on any atom is -0.460 e. The van der Waals surface area contributed by atoms with Gasteiger partial charge in [0.25, 0.3) is 5.91 Å². The van der Waals surface area contributed by atoms with Gasteiger partial charge in [-0.05, 0) is 45.6 Å². The van der Waals surface area contributed by atoms with Crippen LogP contribution < -0.4 is 10.1 Å². The summed E-state index contributed by atoms with van der Waals surface area (Å²) in [5, 5.41) is 10.6. The van der Waals surface area contributed by atoms with Crippen LogP contribution in [0.4, 0.5) is 0 Å². The topological polar surface area (TPSA) is 94.8 Å². The molecule has 2 heterocycles. The highest BCUT2D eigenvalue weighted by molar-refractivity contribution is 5.92. The number of ether oxygens (including phenoxy) is 1. The fourth-order valence-electron chi connectivity index (χ4n) is 2.93. The van der Waals surface area contributed by atoms with E-state index in [2.05, 4.69) is 25.6 Å². The molecule has 0 aromatic carbocycles. The first kappa shape index (κ1) is 16.4. The summed E-state index contributed by atoms with van der Waals surface area (Å²) in [4.78, 5) is 20.7. The molecule has 3 rings (SSSR count). The number of nitrogens with zero attached hydrogens (tertiary/aromatic N) is 5. The molecular formula is C16H22N6O2. The number of aryl methyl sites for hydroxylation is 3. The monoisotopic (exact) mass is 330 g/mol. The van der Waals surface area contributed by atoms with E-state index in [9.17, 15) is 4.79 Å². The highest BCUT2D eigenvalue weighted by Gasteiger charge is 2.25. The maximum atomic E-state index is 12.1. The Kier molecular flexibility index (Phi) is 4.73. The van der Waals surface area contributed by atoms with Crippen molar-refractivity contribution in [2.45, 2.75) is 51.7 Å². The molecule has 1 amide bonds. The smallest absolute Gasteiger partial charge is 0.317 e. The highest BCUT2D eigenvalue weighted by atomic mass is 16.5. The number of hydrogen-bond donors (Lipinski definition) is 1. The quantitative estimate of drug-likeness (QED) is 0.909. The van der Waals surface area contributed by atoms with Crippen LogP contribution >= 0.6 is 0 Å². The highest BCUT2D eigenvalue weighted by Crippen LogP contribution is 2.22. The van der Waals surface area contributed by atoms with Crippen LogP contribution in [-0.2, 0) is 7.05 Å². The number of aromatic nitrogens is 5. The van der Waals surface area contributed by atoms with Gasteiger partial charge in [0, 0.05) is 24.5 Å². The fraction of sp³-hybridized carbons (Fsp3) is 0.562. The predicted octanol–water partition coefficient (Wildman–Crippen LogP) is 1.34. The van der Waals surface area contributed by atoms with E-state index in [0.717, 1.165) is 37.1 Å². The largest absolute Gasteiger partial charge is 0.460 e. The van der Waals surface area contributed by atoms with Gasteiger partial charge in [-0.25, -0.2) is 9.97 Å². The molecule has 0 radical (unpaired) electrons. The lowest BCUT2D eigenvalue weighted by atomic mass is 9.93. The second-order valence-corrected chi connectivity index (χ2v) is 6.28. The summed E-state index contributed by atoms with van der Waals surface area (Å²) in [6.45, 7) is 3.86. The molecular weight excluding hydrogens is 308 g/mol. The van der Waals surface area contributed by atoms with Gasteiger partial charge in [-0.15, -0.1) is 5.10 Å². The van der Waals surface area contributed by atoms with Crippen molar-refractivity contribution in [3.05, 3.63) is 29.3 Å². The summed E-state index contributed by atoms with van der Waals surface area (Å²) in [5.41, 5.74) is 2.16. The van der Waals surface area contributed by atoms with Crippen LogP contribution in [-0.4, -0.2) is 43.0 Å². The Balaban J connectivity index is 1.49. The molecule has 1 aliphatic carbocycles. The lowest BCUT2D eigenvalue weighted by Crippen LogP contribution is -2.40. The molecule has 24 heavy (non-hydrogen) atoms. The zero-order chi connectivity index (χ0) is 17.1. The van der Waals surface area contributed by atoms with Gasteiger partial charge in [0.05, 0.1) is 6.20 Å². The van der Waals surface area contributed by atoms with Crippen molar-refractivity contribution < 1.29 is 9.53 Å². The first-order valence-electron chi connectivity index (χ1n) is 8.16. The van der Waals surface area contributed by atoms with E-state index in [0.29, 0.717) is 11.7 Å². The van der Waals surface area contributed by atoms with Crippen molar-refractivity contribution in [2.24, 2.45) is 7.05 Å². The Morgan fingerprint density at radius 2 is 1.88 bits per heavy atom. The van der Waals surface area contributed by atoms with E-state index < -0.39 is 0 Å². The molecule has 0 aliphatic heterocycles. The van der Waals surface area contributed by atoms with Crippen LogP contribution in [0, 0.1) is 13.8 Å². The molecule has 0 spiro atoms. The van der Waals surface area contributed by atoms with Gasteiger partial charge >= 0.3 is 6.01 Å². The van der Waals surface area contributed by atoms with E-state index >= 15 is 0 Å². The fourth-order valence-corrected chi connectivity index (χ4v) is 2.93. The Morgan fingerprint density at radius 3 is 2.46 bits per heavy atom. The van der Waals surface area contributed by atoms with Gasteiger partial charge in [-0.1, -0.05) is 5.21 Å². The Morgan fingerprint density at radius 1 is 1.21 bits per heavy atom. The zero-order valence-corrected chi connectivity index (χ0v) is 14.2. The van der Waals surface area contributed by atoms with Crippen LogP contribution in [0.1, 0.15) is 47.6 Å². The lowest BCUT2D eigenvalue weighted by Gasteiger charge is -2.28. The molecule has 1 fully saturated rings. The number of hydrogen-bond acceptors (Lipinski definition) is 6. The summed E-state index contributed by atoms with van der Waals surface area (Å²) in [7, 11) is 1.74. The third-order valence-electron chi connectivity index (χ3n) is 4.08. The van der Waals surface area contributed by atoms with Crippen molar-refractivity contribution in [3.8, 4) is 6.01 Å². The van der Waals surface area contributed by atoms with Crippen LogP contribution in [0.5, 0.6) is 6.01 Å². The van der Waals surface area contributed by atoms with Gasteiger partial charge in [0.2, 0.25) is 0 Å². The van der Waals surface area contributed by atoms with Crippen molar-refractivity contribution in [1.29, 1.82) is 0 Å². The third-order valence-corrected chi connectivity index (χ3v) is 4.08. The van der Waals surface area contributed by atoms with Crippen LogP contribution in [0.3, 0.4) is 0 Å². The van der Waals surface area contributed by atoms with E-state index in [1.165, 1.54) is 4.68 Å². The summed E-state index contributed by atoms with van der Waals surface area (Å²) >= 11 is 0. The molecule has 0 atom stereocenters. The van der Waals surface area contributed by atoms with Gasteiger partial charge in [-0.2, -0.15) is 0 Å². The van der Waals surface area contributed by atoms with Crippen molar-refractivity contribution in [2.75, 3.05) is 0 Å². The SMILES string of the molecule is Cc1cc(C)nc(OC2CCC(NC(=O)c3cn(C)nn3)CC2)n1. The molecule has 8 nitrogen and oxygen atoms in total. The second kappa shape index (κ2) is 6.94. The predicted molar refractivity (Wildman–Crippen MR) is 86.6 cm³/mol. The molecule has 2 aromatic rings. The Bertz CT molecular complexity index is 701. The Hall–Kier alpha value is -2.51. The maximum absolute atomic E-state index is 12.1. The second-order valence-electron chi connectivity index (χ2n) is 6.28. The van der Waals surface area contributed by atoms with Crippen molar-refractivity contribution in [3.63, 3.8) is 0 Å². The molecule has 1 saturated carbocycles. The molecule has 1 N–H and O–H groups in total. The van der Waals surface area contributed by atoms with Gasteiger partial charge in [0.15, 0.2) is 5.69 Å². The zero-order valence-electron chi connectivity index (χ0n) is 14.2.